The van der Waals surface area contributed by atoms with Crippen molar-refractivity contribution in [3.05, 3.63) is 41.0 Å². The predicted octanol–water partition coefficient (Wildman–Crippen LogP) is 3.23. The highest BCUT2D eigenvalue weighted by molar-refractivity contribution is 5.92. The third-order valence-electron chi connectivity index (χ3n) is 3.62. The van der Waals surface area contributed by atoms with E-state index in [1.807, 2.05) is 25.1 Å². The van der Waals surface area contributed by atoms with E-state index in [0.717, 1.165) is 11.1 Å². The number of hydrogen-bond donors (Lipinski definition) is 2. The van der Waals surface area contributed by atoms with Crippen molar-refractivity contribution in [2.24, 2.45) is 5.41 Å². The topological polar surface area (TPSA) is 49.3 Å². The largest absolute Gasteiger partial charge is 0.396 e. The van der Waals surface area contributed by atoms with Crippen LogP contribution < -0.4 is 5.32 Å². The Kier molecular flexibility index (Phi) is 6.16. The van der Waals surface area contributed by atoms with Gasteiger partial charge in [0.25, 0.3) is 0 Å². The molecule has 3 heteroatoms. The van der Waals surface area contributed by atoms with E-state index in [0.29, 0.717) is 6.42 Å². The van der Waals surface area contributed by atoms with E-state index in [4.69, 9.17) is 5.11 Å². The minimum absolute atomic E-state index is 0.0428. The molecule has 0 saturated heterocycles. The Labute approximate surface area is 128 Å². The molecular weight excluding hydrogens is 262 g/mol. The fourth-order valence-corrected chi connectivity index (χ4v) is 2.25. The summed E-state index contributed by atoms with van der Waals surface area (Å²) in [7, 11) is 0. The molecule has 0 fully saturated rings. The second-order valence-corrected chi connectivity index (χ2v) is 6.63. The van der Waals surface area contributed by atoms with Gasteiger partial charge in [-0.15, -0.1) is 0 Å². The molecule has 21 heavy (non-hydrogen) atoms. The van der Waals surface area contributed by atoms with Gasteiger partial charge < -0.3 is 10.4 Å². The fourth-order valence-electron chi connectivity index (χ4n) is 2.25. The van der Waals surface area contributed by atoms with E-state index in [2.05, 4.69) is 39.1 Å². The summed E-state index contributed by atoms with van der Waals surface area (Å²) in [6.07, 6.45) is 3.96. The molecule has 0 heterocycles. The van der Waals surface area contributed by atoms with Crippen molar-refractivity contribution < 1.29 is 9.90 Å². The second-order valence-electron chi connectivity index (χ2n) is 6.63. The van der Waals surface area contributed by atoms with E-state index in [1.165, 1.54) is 5.56 Å². The number of hydrogen-bond acceptors (Lipinski definition) is 2. The zero-order valence-corrected chi connectivity index (χ0v) is 13.7. The van der Waals surface area contributed by atoms with Crippen LogP contribution in [0.4, 0.5) is 0 Å². The SMILES string of the molecule is Cc1ccc(/C=C/C(=O)NC(CCO)C(C)(C)C)c(C)c1. The maximum Gasteiger partial charge on any atom is 0.244 e. The quantitative estimate of drug-likeness (QED) is 0.818. The lowest BCUT2D eigenvalue weighted by molar-refractivity contribution is -0.118. The monoisotopic (exact) mass is 289 g/mol. The van der Waals surface area contributed by atoms with Gasteiger partial charge in [-0.3, -0.25) is 4.79 Å². The summed E-state index contributed by atoms with van der Waals surface area (Å²) in [4.78, 5) is 12.0. The molecule has 0 aromatic heterocycles. The molecule has 0 spiro atoms. The van der Waals surface area contributed by atoms with E-state index < -0.39 is 0 Å². The summed E-state index contributed by atoms with van der Waals surface area (Å²) in [5.41, 5.74) is 3.34. The number of amides is 1. The zero-order valence-electron chi connectivity index (χ0n) is 13.7. The first-order valence-electron chi connectivity index (χ1n) is 7.40. The minimum Gasteiger partial charge on any atom is -0.396 e. The van der Waals surface area contributed by atoms with Gasteiger partial charge in [-0.2, -0.15) is 0 Å². The van der Waals surface area contributed by atoms with Crippen molar-refractivity contribution >= 4 is 12.0 Å². The lowest BCUT2D eigenvalue weighted by atomic mass is 9.85. The van der Waals surface area contributed by atoms with Gasteiger partial charge in [0, 0.05) is 18.7 Å². The summed E-state index contributed by atoms with van der Waals surface area (Å²) in [5.74, 6) is -0.122. The Hall–Kier alpha value is -1.61. The average Bonchev–Trinajstić information content (AvgIpc) is 2.36. The number of nitrogens with one attached hydrogen (secondary N) is 1. The Bertz CT molecular complexity index is 512. The maximum atomic E-state index is 12.0. The molecule has 1 amide bonds. The first-order valence-corrected chi connectivity index (χ1v) is 7.40. The molecule has 0 aliphatic heterocycles. The van der Waals surface area contributed by atoms with Gasteiger partial charge in [0.05, 0.1) is 0 Å². The van der Waals surface area contributed by atoms with Gasteiger partial charge in [0.2, 0.25) is 5.91 Å². The summed E-state index contributed by atoms with van der Waals surface area (Å²) >= 11 is 0. The molecule has 2 N–H and O–H groups in total. The van der Waals surface area contributed by atoms with Gasteiger partial charge in [-0.1, -0.05) is 44.5 Å². The normalized spacial score (nSPS) is 13.4. The molecule has 0 aliphatic carbocycles. The van der Waals surface area contributed by atoms with Crippen LogP contribution in [-0.2, 0) is 4.79 Å². The molecule has 1 atom stereocenters. The lowest BCUT2D eigenvalue weighted by Gasteiger charge is -2.30. The van der Waals surface area contributed by atoms with E-state index in [-0.39, 0.29) is 24.0 Å². The number of benzene rings is 1. The van der Waals surface area contributed by atoms with E-state index in [9.17, 15) is 4.79 Å². The highest BCUT2D eigenvalue weighted by Gasteiger charge is 2.24. The Morgan fingerprint density at radius 1 is 1.33 bits per heavy atom. The Balaban J connectivity index is 2.73. The summed E-state index contributed by atoms with van der Waals surface area (Å²) in [6.45, 7) is 10.3. The van der Waals surface area contributed by atoms with Crippen molar-refractivity contribution in [3.8, 4) is 0 Å². The highest BCUT2D eigenvalue weighted by Crippen LogP contribution is 2.21. The van der Waals surface area contributed by atoms with Crippen LogP contribution in [0.15, 0.2) is 24.3 Å². The number of aliphatic hydroxyl groups is 1. The summed E-state index contributed by atoms with van der Waals surface area (Å²) < 4.78 is 0. The van der Waals surface area contributed by atoms with Crippen LogP contribution in [0.3, 0.4) is 0 Å². The molecule has 116 valence electrons. The molecule has 1 aromatic rings. The zero-order chi connectivity index (χ0) is 16.0. The van der Waals surface area contributed by atoms with Gasteiger partial charge in [0.1, 0.15) is 0 Å². The Morgan fingerprint density at radius 3 is 2.52 bits per heavy atom. The number of aryl methyl sites for hydroxylation is 2. The molecule has 0 saturated carbocycles. The number of aliphatic hydroxyl groups excluding tert-OH is 1. The van der Waals surface area contributed by atoms with Crippen LogP contribution in [0.25, 0.3) is 6.08 Å². The van der Waals surface area contributed by atoms with Gasteiger partial charge in [-0.25, -0.2) is 0 Å². The molecule has 0 aliphatic rings. The van der Waals surface area contributed by atoms with Crippen LogP contribution >= 0.6 is 0 Å². The Morgan fingerprint density at radius 2 is 2.00 bits per heavy atom. The van der Waals surface area contributed by atoms with Gasteiger partial charge in [0.15, 0.2) is 0 Å². The number of carbonyl (C=O) groups is 1. The van der Waals surface area contributed by atoms with Crippen LogP contribution in [0.5, 0.6) is 0 Å². The number of carbonyl (C=O) groups excluding carboxylic acids is 1. The standard InChI is InChI=1S/C18H27NO2/c1-13-6-7-15(14(2)12-13)8-9-17(21)19-16(10-11-20)18(3,4)5/h6-9,12,16,20H,10-11H2,1-5H3,(H,19,21)/b9-8+. The van der Waals surface area contributed by atoms with Crippen LogP contribution in [0.2, 0.25) is 0 Å². The summed E-state index contributed by atoms with van der Waals surface area (Å²) in [6, 6.07) is 6.11. The molecule has 1 rings (SSSR count). The minimum atomic E-state index is -0.122. The molecule has 0 radical (unpaired) electrons. The van der Waals surface area contributed by atoms with Crippen LogP contribution in [0.1, 0.15) is 43.9 Å². The third-order valence-corrected chi connectivity index (χ3v) is 3.62. The number of rotatable bonds is 5. The van der Waals surface area contributed by atoms with Crippen molar-refractivity contribution in [3.63, 3.8) is 0 Å². The van der Waals surface area contributed by atoms with Crippen molar-refractivity contribution in [2.45, 2.75) is 47.1 Å². The molecule has 1 aromatic carbocycles. The molecule has 3 nitrogen and oxygen atoms in total. The molecule has 1 unspecified atom stereocenters. The van der Waals surface area contributed by atoms with Gasteiger partial charge >= 0.3 is 0 Å². The molecular formula is C18H27NO2. The van der Waals surface area contributed by atoms with Gasteiger partial charge in [-0.05, 0) is 42.9 Å². The van der Waals surface area contributed by atoms with Crippen molar-refractivity contribution in [1.82, 2.24) is 5.32 Å². The van der Waals surface area contributed by atoms with E-state index >= 15 is 0 Å². The highest BCUT2D eigenvalue weighted by atomic mass is 16.3. The second kappa shape index (κ2) is 7.41. The average molecular weight is 289 g/mol. The fraction of sp³-hybridized carbons (Fsp3) is 0.500. The first kappa shape index (κ1) is 17.4. The van der Waals surface area contributed by atoms with Crippen molar-refractivity contribution in [2.75, 3.05) is 6.61 Å². The van der Waals surface area contributed by atoms with Crippen LogP contribution in [-0.4, -0.2) is 23.7 Å². The maximum absolute atomic E-state index is 12.0. The third kappa shape index (κ3) is 5.72. The molecule has 0 bridgehead atoms. The van der Waals surface area contributed by atoms with Crippen molar-refractivity contribution in [1.29, 1.82) is 0 Å². The van der Waals surface area contributed by atoms with Crippen LogP contribution in [0, 0.1) is 19.3 Å². The smallest absolute Gasteiger partial charge is 0.244 e. The predicted molar refractivity (Wildman–Crippen MR) is 88.0 cm³/mol. The first-order chi connectivity index (χ1) is 9.74. The summed E-state index contributed by atoms with van der Waals surface area (Å²) in [5, 5.41) is 12.1. The van der Waals surface area contributed by atoms with E-state index in [1.54, 1.807) is 6.08 Å². The lowest BCUT2D eigenvalue weighted by Crippen LogP contribution is -2.43.